The average Bonchev–Trinajstić information content (AvgIpc) is 2.77. The van der Waals surface area contributed by atoms with Crippen molar-refractivity contribution in [3.8, 4) is 0 Å². The second-order valence-electron chi connectivity index (χ2n) is 7.23. The van der Waals surface area contributed by atoms with E-state index in [2.05, 4.69) is 15.3 Å². The van der Waals surface area contributed by atoms with Crippen molar-refractivity contribution in [1.82, 2.24) is 20.2 Å². The van der Waals surface area contributed by atoms with E-state index >= 15 is 0 Å². The number of nitrogens with one attached hydrogen (secondary N) is 1. The van der Waals surface area contributed by atoms with Crippen molar-refractivity contribution in [3.05, 3.63) is 53.9 Å². The van der Waals surface area contributed by atoms with E-state index in [4.69, 9.17) is 0 Å². The van der Waals surface area contributed by atoms with Gasteiger partial charge < -0.3 is 10.2 Å². The van der Waals surface area contributed by atoms with E-state index in [-0.39, 0.29) is 24.3 Å². The van der Waals surface area contributed by atoms with Crippen molar-refractivity contribution in [2.45, 2.75) is 37.4 Å². The van der Waals surface area contributed by atoms with Crippen LogP contribution in [0.25, 0.3) is 0 Å². The minimum Gasteiger partial charge on any atom is -0.352 e. The molecule has 1 aromatic carbocycles. The van der Waals surface area contributed by atoms with Gasteiger partial charge in [0.2, 0.25) is 11.8 Å². The van der Waals surface area contributed by atoms with Gasteiger partial charge in [0.05, 0.1) is 5.75 Å². The molecule has 0 radical (unpaired) electrons. The van der Waals surface area contributed by atoms with Crippen LogP contribution in [0, 0.1) is 17.6 Å². The van der Waals surface area contributed by atoms with E-state index in [1.54, 1.807) is 18.5 Å². The molecule has 0 bridgehead atoms. The number of amides is 2. The van der Waals surface area contributed by atoms with E-state index in [9.17, 15) is 18.4 Å². The molecule has 2 heterocycles. The average molecular weight is 435 g/mol. The van der Waals surface area contributed by atoms with Gasteiger partial charge in [-0.15, -0.1) is 0 Å². The second kappa shape index (κ2) is 11.0. The summed E-state index contributed by atoms with van der Waals surface area (Å²) < 4.78 is 26.2. The van der Waals surface area contributed by atoms with E-state index < -0.39 is 11.6 Å². The van der Waals surface area contributed by atoms with Gasteiger partial charge in [0.25, 0.3) is 0 Å². The molecule has 1 saturated heterocycles. The van der Waals surface area contributed by atoms with Crippen LogP contribution in [0.1, 0.15) is 31.2 Å². The number of halogens is 2. The van der Waals surface area contributed by atoms with Crippen LogP contribution >= 0.6 is 11.8 Å². The molecule has 1 atom stereocenters. The predicted molar refractivity (Wildman–Crippen MR) is 109 cm³/mol. The standard InChI is InChI=1S/C21H24F2N4O2S/c22-17-6-4-16(11-18(17)23)12-26-19(28)7-5-15-3-1-10-27(13-15)20(29)14-30-21-24-8-2-9-25-21/h2,4,6,8-9,11,15H,1,3,5,7,10,12-14H2,(H,26,28). The summed E-state index contributed by atoms with van der Waals surface area (Å²) in [7, 11) is 0. The molecular weight excluding hydrogens is 410 g/mol. The predicted octanol–water partition coefficient (Wildman–Crippen LogP) is 3.18. The number of carbonyl (C=O) groups is 2. The molecule has 1 aliphatic heterocycles. The summed E-state index contributed by atoms with van der Waals surface area (Å²) >= 11 is 1.32. The number of hydrogen-bond acceptors (Lipinski definition) is 5. The lowest BCUT2D eigenvalue weighted by atomic mass is 9.93. The summed E-state index contributed by atoms with van der Waals surface area (Å²) in [5.74, 6) is -1.35. The maximum absolute atomic E-state index is 13.2. The Hall–Kier alpha value is -2.55. The van der Waals surface area contributed by atoms with E-state index in [1.807, 2.05) is 4.90 Å². The molecule has 3 rings (SSSR count). The summed E-state index contributed by atoms with van der Waals surface area (Å²) in [6.45, 7) is 1.53. The fourth-order valence-electron chi connectivity index (χ4n) is 3.38. The highest BCUT2D eigenvalue weighted by molar-refractivity contribution is 7.99. The second-order valence-corrected chi connectivity index (χ2v) is 8.17. The molecule has 6 nitrogen and oxygen atoms in total. The summed E-state index contributed by atoms with van der Waals surface area (Å²) in [4.78, 5) is 34.6. The van der Waals surface area contributed by atoms with Gasteiger partial charge in [0.15, 0.2) is 16.8 Å². The Labute approximate surface area is 178 Å². The quantitative estimate of drug-likeness (QED) is 0.510. The molecule has 1 fully saturated rings. The number of nitrogens with zero attached hydrogens (tertiary/aromatic N) is 3. The van der Waals surface area contributed by atoms with E-state index in [1.165, 1.54) is 17.8 Å². The lowest BCUT2D eigenvalue weighted by Crippen LogP contribution is -2.41. The van der Waals surface area contributed by atoms with Crippen molar-refractivity contribution in [1.29, 1.82) is 0 Å². The number of benzene rings is 1. The third-order valence-corrected chi connectivity index (χ3v) is 5.85. The van der Waals surface area contributed by atoms with Gasteiger partial charge in [0, 0.05) is 38.4 Å². The zero-order valence-electron chi connectivity index (χ0n) is 16.5. The summed E-state index contributed by atoms with van der Waals surface area (Å²) in [6.07, 6.45) is 6.21. The van der Waals surface area contributed by atoms with Gasteiger partial charge in [-0.2, -0.15) is 0 Å². The molecule has 2 amide bonds. The molecule has 0 saturated carbocycles. The van der Waals surface area contributed by atoms with E-state index in [0.717, 1.165) is 31.5 Å². The van der Waals surface area contributed by atoms with Gasteiger partial charge in [-0.25, -0.2) is 18.7 Å². The molecule has 1 unspecified atom stereocenters. The zero-order valence-corrected chi connectivity index (χ0v) is 17.3. The van der Waals surface area contributed by atoms with Crippen LogP contribution in [0.2, 0.25) is 0 Å². The lowest BCUT2D eigenvalue weighted by molar-refractivity contribution is -0.130. The minimum atomic E-state index is -0.925. The van der Waals surface area contributed by atoms with Crippen molar-refractivity contribution < 1.29 is 18.4 Å². The number of aromatic nitrogens is 2. The first-order valence-electron chi connectivity index (χ1n) is 9.89. The lowest BCUT2D eigenvalue weighted by Gasteiger charge is -2.32. The molecule has 9 heteroatoms. The summed E-state index contributed by atoms with van der Waals surface area (Å²) in [5, 5.41) is 3.31. The normalized spacial score (nSPS) is 16.3. The Balaban J connectivity index is 1.38. The monoisotopic (exact) mass is 434 g/mol. The highest BCUT2D eigenvalue weighted by Gasteiger charge is 2.24. The summed E-state index contributed by atoms with van der Waals surface area (Å²) in [5.41, 5.74) is 0.511. The molecule has 1 aromatic heterocycles. The van der Waals surface area contributed by atoms with Crippen LogP contribution < -0.4 is 5.32 Å². The van der Waals surface area contributed by atoms with Gasteiger partial charge in [-0.1, -0.05) is 17.8 Å². The Morgan fingerprint density at radius 1 is 1.20 bits per heavy atom. The van der Waals surface area contributed by atoms with Crippen LogP contribution in [-0.2, 0) is 16.1 Å². The molecule has 0 aliphatic carbocycles. The molecule has 1 aliphatic rings. The van der Waals surface area contributed by atoms with Crippen LogP contribution in [0.5, 0.6) is 0 Å². The van der Waals surface area contributed by atoms with Gasteiger partial charge in [0.1, 0.15) is 0 Å². The fraction of sp³-hybridized carbons (Fsp3) is 0.429. The largest absolute Gasteiger partial charge is 0.352 e. The molecule has 0 spiro atoms. The topological polar surface area (TPSA) is 75.2 Å². The van der Waals surface area contributed by atoms with Crippen LogP contribution in [0.15, 0.2) is 41.8 Å². The first-order valence-corrected chi connectivity index (χ1v) is 10.9. The van der Waals surface area contributed by atoms with Gasteiger partial charge in [-0.05, 0) is 48.9 Å². The number of hydrogen-bond donors (Lipinski definition) is 1. The Bertz CT molecular complexity index is 869. The number of piperidine rings is 1. The maximum Gasteiger partial charge on any atom is 0.233 e. The highest BCUT2D eigenvalue weighted by atomic mass is 32.2. The van der Waals surface area contributed by atoms with Gasteiger partial charge >= 0.3 is 0 Å². The maximum atomic E-state index is 13.2. The smallest absolute Gasteiger partial charge is 0.233 e. The molecule has 160 valence electrons. The molecule has 2 aromatic rings. The molecule has 1 N–H and O–H groups in total. The number of carbonyl (C=O) groups excluding carboxylic acids is 2. The first-order chi connectivity index (χ1) is 14.5. The number of likely N-dealkylation sites (tertiary alicyclic amines) is 1. The minimum absolute atomic E-state index is 0.0555. The van der Waals surface area contributed by atoms with Crippen LogP contribution in [0.4, 0.5) is 8.78 Å². The van der Waals surface area contributed by atoms with Crippen molar-refractivity contribution in [2.24, 2.45) is 5.92 Å². The van der Waals surface area contributed by atoms with Crippen molar-refractivity contribution in [2.75, 3.05) is 18.8 Å². The zero-order chi connectivity index (χ0) is 21.3. The third-order valence-electron chi connectivity index (χ3n) is 4.99. The van der Waals surface area contributed by atoms with Gasteiger partial charge in [-0.3, -0.25) is 9.59 Å². The Morgan fingerprint density at radius 2 is 2.00 bits per heavy atom. The fourth-order valence-corrected chi connectivity index (χ4v) is 4.08. The number of thioether (sulfide) groups is 1. The Morgan fingerprint density at radius 3 is 2.77 bits per heavy atom. The number of rotatable bonds is 8. The van der Waals surface area contributed by atoms with Crippen LogP contribution in [0.3, 0.4) is 0 Å². The highest BCUT2D eigenvalue weighted by Crippen LogP contribution is 2.22. The molecular formula is C21H24F2N4O2S. The summed E-state index contributed by atoms with van der Waals surface area (Å²) in [6, 6.07) is 5.31. The SMILES string of the molecule is O=C(CCC1CCCN(C(=O)CSc2ncccn2)C1)NCc1ccc(F)c(F)c1. The van der Waals surface area contributed by atoms with Crippen LogP contribution in [-0.4, -0.2) is 45.5 Å². The van der Waals surface area contributed by atoms with Crippen molar-refractivity contribution >= 4 is 23.6 Å². The Kier molecular flexibility index (Phi) is 8.12. The first kappa shape index (κ1) is 22.1. The van der Waals surface area contributed by atoms with Crippen molar-refractivity contribution in [3.63, 3.8) is 0 Å². The molecule has 30 heavy (non-hydrogen) atoms. The van der Waals surface area contributed by atoms with E-state index in [0.29, 0.717) is 35.9 Å². The third kappa shape index (κ3) is 6.76.